The third-order valence-corrected chi connectivity index (χ3v) is 3.21. The van der Waals surface area contributed by atoms with Crippen LogP contribution in [-0.4, -0.2) is 24.2 Å². The molecule has 0 aromatic heterocycles. The summed E-state index contributed by atoms with van der Waals surface area (Å²) < 4.78 is 13.5. The van der Waals surface area contributed by atoms with Gasteiger partial charge in [0.05, 0.1) is 0 Å². The lowest BCUT2D eigenvalue weighted by atomic mass is 9.89. The fourth-order valence-corrected chi connectivity index (χ4v) is 1.89. The lowest BCUT2D eigenvalue weighted by molar-refractivity contribution is 0.0928. The molecule has 0 saturated carbocycles. The van der Waals surface area contributed by atoms with Crippen molar-refractivity contribution < 1.29 is 14.3 Å². The van der Waals surface area contributed by atoms with Crippen LogP contribution in [0.5, 0.6) is 0 Å². The third kappa shape index (κ3) is 4.31. The Balaban J connectivity index is 2.74. The van der Waals surface area contributed by atoms with E-state index >= 15 is 0 Å². The first kappa shape index (κ1) is 15.6. The number of aliphatic hydroxyl groups is 1. The molecule has 0 atom stereocenters. The molecular formula is C15H22FNO2. The Morgan fingerprint density at radius 3 is 2.32 bits per heavy atom. The molecule has 1 aromatic carbocycles. The van der Waals surface area contributed by atoms with Gasteiger partial charge in [0.2, 0.25) is 0 Å². The molecule has 0 aliphatic carbocycles. The number of hydrogen-bond donors (Lipinski definition) is 2. The van der Waals surface area contributed by atoms with E-state index in [1.165, 1.54) is 0 Å². The molecular weight excluding hydrogens is 245 g/mol. The first-order valence-corrected chi connectivity index (χ1v) is 6.42. The molecule has 4 heteroatoms. The number of rotatable bonds is 5. The van der Waals surface area contributed by atoms with Crippen molar-refractivity contribution in [3.8, 4) is 0 Å². The lowest BCUT2D eigenvalue weighted by Gasteiger charge is -2.23. The summed E-state index contributed by atoms with van der Waals surface area (Å²) in [5, 5.41) is 11.8. The van der Waals surface area contributed by atoms with Gasteiger partial charge < -0.3 is 10.4 Å². The quantitative estimate of drug-likeness (QED) is 0.861. The minimum absolute atomic E-state index is 0.0949. The minimum Gasteiger partial charge on any atom is -0.396 e. The lowest BCUT2D eigenvalue weighted by Crippen LogP contribution is -2.34. The van der Waals surface area contributed by atoms with Crippen LogP contribution in [0.1, 0.15) is 41.8 Å². The summed E-state index contributed by atoms with van der Waals surface area (Å²) >= 11 is 0. The summed E-state index contributed by atoms with van der Waals surface area (Å²) in [6.45, 7) is 7.82. The van der Waals surface area contributed by atoms with E-state index in [0.29, 0.717) is 29.7 Å². The first-order chi connectivity index (χ1) is 8.76. The molecule has 1 aromatic rings. The maximum Gasteiger partial charge on any atom is 0.251 e. The number of benzene rings is 1. The van der Waals surface area contributed by atoms with Gasteiger partial charge in [-0.3, -0.25) is 4.79 Å². The molecule has 0 aliphatic heterocycles. The van der Waals surface area contributed by atoms with Crippen LogP contribution >= 0.6 is 0 Å². The number of carbonyl (C=O) groups is 1. The van der Waals surface area contributed by atoms with Gasteiger partial charge in [0.1, 0.15) is 5.82 Å². The molecule has 1 rings (SSSR count). The van der Waals surface area contributed by atoms with Crippen molar-refractivity contribution in [2.45, 2.75) is 34.1 Å². The number of halogens is 1. The molecule has 0 unspecified atom stereocenters. The third-order valence-electron chi connectivity index (χ3n) is 3.21. The zero-order valence-corrected chi connectivity index (χ0v) is 12.0. The van der Waals surface area contributed by atoms with Gasteiger partial charge in [0, 0.05) is 18.7 Å². The van der Waals surface area contributed by atoms with E-state index in [-0.39, 0.29) is 23.7 Å². The first-order valence-electron chi connectivity index (χ1n) is 6.42. The molecule has 0 spiro atoms. The van der Waals surface area contributed by atoms with Crippen molar-refractivity contribution in [2.24, 2.45) is 5.41 Å². The van der Waals surface area contributed by atoms with E-state index in [0.717, 1.165) is 0 Å². The molecule has 0 heterocycles. The molecule has 0 fully saturated rings. The van der Waals surface area contributed by atoms with Crippen LogP contribution in [-0.2, 0) is 0 Å². The molecule has 3 nitrogen and oxygen atoms in total. The van der Waals surface area contributed by atoms with E-state index < -0.39 is 0 Å². The second kappa shape index (κ2) is 6.15. The summed E-state index contributed by atoms with van der Waals surface area (Å²) in [6, 6.07) is 3.10. The van der Waals surface area contributed by atoms with Crippen LogP contribution in [0, 0.1) is 25.1 Å². The van der Waals surface area contributed by atoms with Crippen LogP contribution in [0.2, 0.25) is 0 Å². The van der Waals surface area contributed by atoms with Crippen molar-refractivity contribution in [1.82, 2.24) is 5.32 Å². The Hall–Kier alpha value is -1.42. The van der Waals surface area contributed by atoms with Crippen molar-refractivity contribution in [3.63, 3.8) is 0 Å². The number of aryl methyl sites for hydroxylation is 2. The number of carbonyl (C=O) groups excluding carboxylic acids is 1. The van der Waals surface area contributed by atoms with E-state index in [1.54, 1.807) is 26.0 Å². The molecule has 1 amide bonds. The number of aliphatic hydroxyl groups excluding tert-OH is 1. The zero-order chi connectivity index (χ0) is 14.6. The molecule has 0 aliphatic rings. The molecule has 106 valence electrons. The summed E-state index contributed by atoms with van der Waals surface area (Å²) in [4.78, 5) is 12.0. The molecule has 0 radical (unpaired) electrons. The normalized spacial score (nSPS) is 11.5. The zero-order valence-electron chi connectivity index (χ0n) is 12.0. The van der Waals surface area contributed by atoms with Crippen molar-refractivity contribution >= 4 is 5.91 Å². The van der Waals surface area contributed by atoms with Gasteiger partial charge >= 0.3 is 0 Å². The Morgan fingerprint density at radius 2 is 1.84 bits per heavy atom. The Kier molecular flexibility index (Phi) is 5.06. The molecule has 2 N–H and O–H groups in total. The maximum absolute atomic E-state index is 13.5. The van der Waals surface area contributed by atoms with Crippen molar-refractivity contribution in [1.29, 1.82) is 0 Å². The Bertz CT molecular complexity index is 446. The Morgan fingerprint density at radius 1 is 1.32 bits per heavy atom. The van der Waals surface area contributed by atoms with Crippen molar-refractivity contribution in [2.75, 3.05) is 13.2 Å². The largest absolute Gasteiger partial charge is 0.396 e. The molecule has 0 saturated heterocycles. The fourth-order valence-electron chi connectivity index (χ4n) is 1.89. The summed E-state index contributed by atoms with van der Waals surface area (Å²) in [7, 11) is 0. The topological polar surface area (TPSA) is 49.3 Å². The average molecular weight is 267 g/mol. The summed E-state index contributed by atoms with van der Waals surface area (Å²) in [5.41, 5.74) is 1.25. The summed E-state index contributed by atoms with van der Waals surface area (Å²) in [6.07, 6.45) is 0.620. The Labute approximate surface area is 113 Å². The molecule has 19 heavy (non-hydrogen) atoms. The second-order valence-electron chi connectivity index (χ2n) is 5.74. The van der Waals surface area contributed by atoms with Crippen LogP contribution in [0.3, 0.4) is 0 Å². The van der Waals surface area contributed by atoms with Gasteiger partial charge in [0.25, 0.3) is 5.91 Å². The predicted octanol–water partition coefficient (Wildman–Crippen LogP) is 2.58. The monoisotopic (exact) mass is 267 g/mol. The number of nitrogens with one attached hydrogen (secondary N) is 1. The van der Waals surface area contributed by atoms with Gasteiger partial charge in [-0.1, -0.05) is 13.8 Å². The van der Waals surface area contributed by atoms with Gasteiger partial charge in [0.15, 0.2) is 0 Å². The summed E-state index contributed by atoms with van der Waals surface area (Å²) in [5.74, 6) is -0.477. The van der Waals surface area contributed by atoms with Crippen LogP contribution in [0.25, 0.3) is 0 Å². The second-order valence-corrected chi connectivity index (χ2v) is 5.74. The van der Waals surface area contributed by atoms with E-state index in [1.807, 2.05) is 13.8 Å². The van der Waals surface area contributed by atoms with Gasteiger partial charge in [-0.05, 0) is 48.9 Å². The van der Waals surface area contributed by atoms with Gasteiger partial charge in [-0.2, -0.15) is 0 Å². The van der Waals surface area contributed by atoms with Crippen LogP contribution < -0.4 is 5.32 Å². The highest BCUT2D eigenvalue weighted by molar-refractivity contribution is 5.94. The van der Waals surface area contributed by atoms with E-state index in [9.17, 15) is 9.18 Å². The van der Waals surface area contributed by atoms with E-state index in [4.69, 9.17) is 5.11 Å². The SMILES string of the molecule is Cc1cc(C(=O)NCC(C)(C)CCO)cc(C)c1F. The highest BCUT2D eigenvalue weighted by atomic mass is 19.1. The van der Waals surface area contributed by atoms with E-state index in [2.05, 4.69) is 5.32 Å². The standard InChI is InChI=1S/C15H22FNO2/c1-10-7-12(8-11(2)13(10)16)14(19)17-9-15(3,4)5-6-18/h7-8,18H,5-6,9H2,1-4H3,(H,17,19). The minimum atomic E-state index is -0.267. The van der Waals surface area contributed by atoms with Crippen LogP contribution in [0.4, 0.5) is 4.39 Å². The fraction of sp³-hybridized carbons (Fsp3) is 0.533. The van der Waals surface area contributed by atoms with Crippen LogP contribution in [0.15, 0.2) is 12.1 Å². The smallest absolute Gasteiger partial charge is 0.251 e. The number of amides is 1. The van der Waals surface area contributed by atoms with Gasteiger partial charge in [-0.15, -0.1) is 0 Å². The highest BCUT2D eigenvalue weighted by Crippen LogP contribution is 2.19. The highest BCUT2D eigenvalue weighted by Gasteiger charge is 2.19. The molecule has 0 bridgehead atoms. The van der Waals surface area contributed by atoms with Gasteiger partial charge in [-0.25, -0.2) is 4.39 Å². The number of hydrogen-bond acceptors (Lipinski definition) is 2. The van der Waals surface area contributed by atoms with Crippen molar-refractivity contribution in [3.05, 3.63) is 34.6 Å². The average Bonchev–Trinajstić information content (AvgIpc) is 2.32. The maximum atomic E-state index is 13.5. The predicted molar refractivity (Wildman–Crippen MR) is 73.7 cm³/mol.